The Hall–Kier alpha value is -1.82. The van der Waals surface area contributed by atoms with Crippen LogP contribution in [0, 0.1) is 11.8 Å². The van der Waals surface area contributed by atoms with E-state index in [2.05, 4.69) is 23.8 Å². The number of esters is 1. The normalized spacial score (nSPS) is 23.8. The number of aromatic amines is 1. The molecule has 6 heteroatoms. The summed E-state index contributed by atoms with van der Waals surface area (Å²) < 4.78 is 5.44. The first-order valence-electron chi connectivity index (χ1n) is 8.21. The van der Waals surface area contributed by atoms with Crippen molar-refractivity contribution in [2.24, 2.45) is 11.8 Å². The van der Waals surface area contributed by atoms with Gasteiger partial charge in [-0.05, 0) is 31.4 Å². The molecule has 5 nitrogen and oxygen atoms in total. The monoisotopic (exact) mass is 346 g/mol. The van der Waals surface area contributed by atoms with Gasteiger partial charge < -0.3 is 9.72 Å². The van der Waals surface area contributed by atoms with E-state index in [9.17, 15) is 9.59 Å². The van der Waals surface area contributed by atoms with E-state index >= 15 is 0 Å². The van der Waals surface area contributed by atoms with Crippen LogP contribution in [0.4, 0.5) is 0 Å². The number of carbonyl (C=O) groups excluding carboxylic acids is 2. The molecular weight excluding hydrogens is 324 g/mol. The number of hydrogen-bond acceptors (Lipinski definition) is 5. The third kappa shape index (κ3) is 3.34. The Kier molecular flexibility index (Phi) is 4.67. The summed E-state index contributed by atoms with van der Waals surface area (Å²) in [6, 6.07) is 7.75. The van der Waals surface area contributed by atoms with Crippen molar-refractivity contribution in [2.45, 2.75) is 44.4 Å². The number of ketones is 1. The van der Waals surface area contributed by atoms with E-state index in [1.54, 1.807) is 6.92 Å². The first kappa shape index (κ1) is 17.0. The number of aromatic nitrogens is 2. The van der Waals surface area contributed by atoms with Crippen molar-refractivity contribution >= 4 is 34.5 Å². The van der Waals surface area contributed by atoms with E-state index in [1.807, 2.05) is 24.3 Å². The highest BCUT2D eigenvalue weighted by atomic mass is 32.2. The number of rotatable bonds is 6. The summed E-state index contributed by atoms with van der Waals surface area (Å²) in [4.78, 5) is 32.2. The van der Waals surface area contributed by atoms with Crippen LogP contribution in [0.15, 0.2) is 29.4 Å². The van der Waals surface area contributed by atoms with Gasteiger partial charge in [0.15, 0.2) is 16.5 Å². The van der Waals surface area contributed by atoms with Crippen LogP contribution >= 0.6 is 11.8 Å². The summed E-state index contributed by atoms with van der Waals surface area (Å²) in [5.74, 6) is 0.279. The predicted octanol–water partition coefficient (Wildman–Crippen LogP) is 3.59. The van der Waals surface area contributed by atoms with Crippen LogP contribution in [-0.2, 0) is 14.3 Å². The van der Waals surface area contributed by atoms with Gasteiger partial charge in [-0.25, -0.2) is 4.98 Å². The molecule has 2 heterocycles. The van der Waals surface area contributed by atoms with E-state index < -0.39 is 5.60 Å². The van der Waals surface area contributed by atoms with Gasteiger partial charge in [-0.15, -0.1) is 0 Å². The Bertz CT molecular complexity index is 737. The van der Waals surface area contributed by atoms with Crippen molar-refractivity contribution in [3.05, 3.63) is 24.3 Å². The molecule has 2 atom stereocenters. The molecule has 0 spiro atoms. The summed E-state index contributed by atoms with van der Waals surface area (Å²) >= 11 is 1.35. The van der Waals surface area contributed by atoms with Crippen LogP contribution in [0.5, 0.6) is 0 Å². The molecule has 24 heavy (non-hydrogen) atoms. The van der Waals surface area contributed by atoms with Crippen LogP contribution in [0.3, 0.4) is 0 Å². The van der Waals surface area contributed by atoms with Crippen LogP contribution < -0.4 is 0 Å². The summed E-state index contributed by atoms with van der Waals surface area (Å²) in [6.45, 7) is 5.94. The SMILES string of the molecule is CC(C)C[C@H]1CC(=O)O[C@@]1(C)C(=O)CSc1nc2ccccc2[nH]1. The fraction of sp³-hybridized carbons (Fsp3) is 0.500. The quantitative estimate of drug-likeness (QED) is 0.639. The van der Waals surface area contributed by atoms with Gasteiger partial charge in [-0.3, -0.25) is 9.59 Å². The van der Waals surface area contributed by atoms with Gasteiger partial charge in [0, 0.05) is 5.92 Å². The second kappa shape index (κ2) is 6.59. The fourth-order valence-electron chi connectivity index (χ4n) is 3.19. The molecule has 0 amide bonds. The minimum atomic E-state index is -1.01. The van der Waals surface area contributed by atoms with Gasteiger partial charge in [0.05, 0.1) is 23.2 Å². The average molecular weight is 346 g/mol. The van der Waals surface area contributed by atoms with Crippen LogP contribution in [0.2, 0.25) is 0 Å². The van der Waals surface area contributed by atoms with Crippen molar-refractivity contribution in [2.75, 3.05) is 5.75 Å². The molecule has 1 N–H and O–H groups in total. The summed E-state index contributed by atoms with van der Waals surface area (Å²) in [7, 11) is 0. The van der Waals surface area contributed by atoms with Crippen molar-refractivity contribution in [1.82, 2.24) is 9.97 Å². The minimum absolute atomic E-state index is 0.0474. The van der Waals surface area contributed by atoms with Gasteiger partial charge in [0.1, 0.15) is 0 Å². The molecule has 0 unspecified atom stereocenters. The third-order valence-corrected chi connectivity index (χ3v) is 5.41. The zero-order chi connectivity index (χ0) is 17.3. The number of Topliss-reactive ketones (excluding diaryl/α,β-unsaturated/α-hetero) is 1. The van der Waals surface area contributed by atoms with E-state index in [1.165, 1.54) is 11.8 Å². The number of hydrogen-bond donors (Lipinski definition) is 1. The summed E-state index contributed by atoms with van der Waals surface area (Å²) in [5.41, 5.74) is 0.813. The number of thioether (sulfide) groups is 1. The molecule has 0 saturated carbocycles. The number of fused-ring (bicyclic) bond motifs is 1. The lowest BCUT2D eigenvalue weighted by molar-refractivity contribution is -0.156. The lowest BCUT2D eigenvalue weighted by atomic mass is 9.80. The lowest BCUT2D eigenvalue weighted by Crippen LogP contribution is -2.42. The molecule has 1 fully saturated rings. The molecule has 2 aromatic rings. The summed E-state index contributed by atoms with van der Waals surface area (Å²) in [5, 5.41) is 0.706. The smallest absolute Gasteiger partial charge is 0.307 e. The second-order valence-corrected chi connectivity index (χ2v) is 7.85. The molecule has 1 aromatic carbocycles. The minimum Gasteiger partial charge on any atom is -0.451 e. The van der Waals surface area contributed by atoms with E-state index in [0.717, 1.165) is 17.5 Å². The topological polar surface area (TPSA) is 72.1 Å². The van der Waals surface area contributed by atoms with E-state index in [-0.39, 0.29) is 23.4 Å². The molecule has 1 aliphatic rings. The maximum absolute atomic E-state index is 12.8. The fourth-order valence-corrected chi connectivity index (χ4v) is 4.09. The first-order chi connectivity index (χ1) is 11.4. The van der Waals surface area contributed by atoms with Crippen molar-refractivity contribution in [1.29, 1.82) is 0 Å². The van der Waals surface area contributed by atoms with Gasteiger partial charge in [-0.1, -0.05) is 37.7 Å². The second-order valence-electron chi connectivity index (χ2n) is 6.88. The molecule has 1 aliphatic heterocycles. The highest BCUT2D eigenvalue weighted by molar-refractivity contribution is 7.99. The van der Waals surface area contributed by atoms with Gasteiger partial charge >= 0.3 is 5.97 Å². The lowest BCUT2D eigenvalue weighted by Gasteiger charge is -2.28. The highest BCUT2D eigenvalue weighted by Gasteiger charge is 2.50. The summed E-state index contributed by atoms with van der Waals surface area (Å²) in [6.07, 6.45) is 1.14. The molecule has 1 saturated heterocycles. The standard InChI is InChI=1S/C18H22N2O3S/c1-11(2)8-12-9-16(22)23-18(12,3)15(21)10-24-17-19-13-6-4-5-7-14(13)20-17/h4-7,11-12H,8-10H2,1-3H3,(H,19,20)/t12-,18+/m0/s1. The molecule has 3 rings (SSSR count). The number of cyclic esters (lactones) is 1. The van der Waals surface area contributed by atoms with Gasteiger partial charge in [0.2, 0.25) is 0 Å². The van der Waals surface area contributed by atoms with E-state index in [0.29, 0.717) is 17.5 Å². The number of para-hydroxylation sites is 2. The number of ether oxygens (including phenoxy) is 1. The maximum atomic E-state index is 12.8. The molecule has 0 radical (unpaired) electrons. The Morgan fingerprint density at radius 2 is 2.21 bits per heavy atom. The number of H-pyrrole nitrogens is 1. The van der Waals surface area contributed by atoms with Crippen molar-refractivity contribution < 1.29 is 14.3 Å². The average Bonchev–Trinajstić information content (AvgIpc) is 3.05. The van der Waals surface area contributed by atoms with Crippen LogP contribution in [0.1, 0.15) is 33.6 Å². The van der Waals surface area contributed by atoms with Gasteiger partial charge in [-0.2, -0.15) is 0 Å². The largest absolute Gasteiger partial charge is 0.451 e. The predicted molar refractivity (Wildman–Crippen MR) is 93.9 cm³/mol. The van der Waals surface area contributed by atoms with E-state index in [4.69, 9.17) is 4.74 Å². The molecule has 1 aromatic heterocycles. The Morgan fingerprint density at radius 1 is 1.46 bits per heavy atom. The molecular formula is C18H22N2O3S. The Labute approximate surface area is 145 Å². The zero-order valence-corrected chi connectivity index (χ0v) is 15.0. The Balaban J connectivity index is 1.69. The first-order valence-corrected chi connectivity index (χ1v) is 9.19. The maximum Gasteiger partial charge on any atom is 0.307 e. The number of benzene rings is 1. The molecule has 0 aliphatic carbocycles. The Morgan fingerprint density at radius 3 is 2.92 bits per heavy atom. The van der Waals surface area contributed by atoms with Crippen molar-refractivity contribution in [3.8, 4) is 0 Å². The molecule has 0 bridgehead atoms. The van der Waals surface area contributed by atoms with Crippen LogP contribution in [-0.4, -0.2) is 33.1 Å². The third-order valence-electron chi connectivity index (χ3n) is 4.54. The zero-order valence-electron chi connectivity index (χ0n) is 14.2. The van der Waals surface area contributed by atoms with Crippen molar-refractivity contribution in [3.63, 3.8) is 0 Å². The number of carbonyl (C=O) groups is 2. The van der Waals surface area contributed by atoms with Gasteiger partial charge in [0.25, 0.3) is 0 Å². The number of nitrogens with zero attached hydrogens (tertiary/aromatic N) is 1. The highest BCUT2D eigenvalue weighted by Crippen LogP contribution is 2.39. The number of nitrogens with one attached hydrogen (secondary N) is 1. The number of imidazole rings is 1. The molecule has 128 valence electrons. The van der Waals surface area contributed by atoms with Crippen LogP contribution in [0.25, 0.3) is 11.0 Å².